The Bertz CT molecular complexity index is 1200. The molecule has 0 saturated carbocycles. The van der Waals surface area contributed by atoms with E-state index in [2.05, 4.69) is 11.8 Å². The second-order valence-electron chi connectivity index (χ2n) is 8.92. The van der Waals surface area contributed by atoms with Crippen molar-refractivity contribution < 1.29 is 19.0 Å². The Morgan fingerprint density at radius 3 is 2.62 bits per heavy atom. The Labute approximate surface area is 204 Å². The van der Waals surface area contributed by atoms with Crippen LogP contribution in [-0.2, 0) is 0 Å². The molecule has 34 heavy (non-hydrogen) atoms. The third kappa shape index (κ3) is 4.63. The molecule has 5 rings (SSSR count). The van der Waals surface area contributed by atoms with Crippen LogP contribution in [0.2, 0.25) is 5.02 Å². The van der Waals surface area contributed by atoms with Gasteiger partial charge in [0.1, 0.15) is 30.0 Å². The molecule has 3 aromatic carbocycles. The van der Waals surface area contributed by atoms with Crippen molar-refractivity contribution in [3.05, 3.63) is 88.4 Å². The molecule has 2 aliphatic rings. The third-order valence-corrected chi connectivity index (χ3v) is 6.76. The van der Waals surface area contributed by atoms with Gasteiger partial charge in [-0.15, -0.1) is 0 Å². The summed E-state index contributed by atoms with van der Waals surface area (Å²) in [6.45, 7) is 4.82. The van der Waals surface area contributed by atoms with E-state index >= 15 is 0 Å². The van der Waals surface area contributed by atoms with Crippen LogP contribution < -0.4 is 9.47 Å². The fraction of sp³-hybridized carbons (Fsp3) is 0.286. The number of fused-ring (bicyclic) bond motifs is 1. The topological polar surface area (TPSA) is 41.9 Å². The molecule has 1 N–H and O–H groups in total. The summed E-state index contributed by atoms with van der Waals surface area (Å²) in [6.07, 6.45) is -0.361. The number of ether oxygens (including phenoxy) is 2. The number of halogens is 2. The average Bonchev–Trinajstić information content (AvgIpc) is 2.80. The van der Waals surface area contributed by atoms with Crippen LogP contribution in [0.25, 0.3) is 11.1 Å². The maximum absolute atomic E-state index is 12.6. The number of benzene rings is 3. The van der Waals surface area contributed by atoms with Gasteiger partial charge in [0, 0.05) is 47.8 Å². The molecule has 0 aromatic heterocycles. The zero-order valence-corrected chi connectivity index (χ0v) is 19.8. The standard InChI is InChI=1S/C28H27ClFNO3/c1-18-25-10-7-23(32)14-26(25)34-28(27(18)21-3-2-4-22(29)13-21)20-5-8-24(9-6-20)33-12-11-31-16-19(15-30)17-31/h2-10,13-14,19,28,32H,11-12,15-17H2,1H3. The van der Waals surface area contributed by atoms with E-state index in [0.29, 0.717) is 17.4 Å². The summed E-state index contributed by atoms with van der Waals surface area (Å²) in [4.78, 5) is 2.20. The third-order valence-electron chi connectivity index (χ3n) is 6.53. The highest BCUT2D eigenvalue weighted by Gasteiger charge is 2.30. The molecule has 0 aliphatic carbocycles. The van der Waals surface area contributed by atoms with Gasteiger partial charge in [-0.25, -0.2) is 0 Å². The van der Waals surface area contributed by atoms with Crippen LogP contribution in [0.4, 0.5) is 4.39 Å². The Hall–Kier alpha value is -3.02. The quantitative estimate of drug-likeness (QED) is 0.426. The molecule has 2 heterocycles. The maximum Gasteiger partial charge on any atom is 0.150 e. The highest BCUT2D eigenvalue weighted by Crippen LogP contribution is 2.47. The summed E-state index contributed by atoms with van der Waals surface area (Å²) < 4.78 is 24.9. The highest BCUT2D eigenvalue weighted by molar-refractivity contribution is 6.30. The predicted octanol–water partition coefficient (Wildman–Crippen LogP) is 6.39. The molecule has 1 unspecified atom stereocenters. The first-order valence-corrected chi connectivity index (χ1v) is 11.9. The lowest BCUT2D eigenvalue weighted by Crippen LogP contribution is -2.49. The predicted molar refractivity (Wildman–Crippen MR) is 133 cm³/mol. The summed E-state index contributed by atoms with van der Waals surface area (Å²) in [5.41, 5.74) is 5.04. The van der Waals surface area contributed by atoms with Crippen LogP contribution in [0.3, 0.4) is 0 Å². The lowest BCUT2D eigenvalue weighted by atomic mass is 9.86. The fourth-order valence-corrected chi connectivity index (χ4v) is 4.88. The van der Waals surface area contributed by atoms with Crippen molar-refractivity contribution in [2.45, 2.75) is 13.0 Å². The minimum absolute atomic E-state index is 0.167. The Kier molecular flexibility index (Phi) is 6.48. The summed E-state index contributed by atoms with van der Waals surface area (Å²) in [7, 11) is 0. The number of hydrogen-bond acceptors (Lipinski definition) is 4. The zero-order chi connectivity index (χ0) is 23.7. The number of phenols is 1. The number of hydrogen-bond donors (Lipinski definition) is 1. The lowest BCUT2D eigenvalue weighted by molar-refractivity contribution is 0.0668. The van der Waals surface area contributed by atoms with Crippen LogP contribution in [-0.4, -0.2) is 42.9 Å². The van der Waals surface area contributed by atoms with Crippen LogP contribution in [0.1, 0.15) is 29.7 Å². The van der Waals surface area contributed by atoms with Gasteiger partial charge in [0.25, 0.3) is 0 Å². The van der Waals surface area contributed by atoms with E-state index < -0.39 is 0 Å². The van der Waals surface area contributed by atoms with Crippen molar-refractivity contribution in [3.8, 4) is 17.2 Å². The molecule has 0 amide bonds. The fourth-order valence-electron chi connectivity index (χ4n) is 4.69. The lowest BCUT2D eigenvalue weighted by Gasteiger charge is -2.37. The van der Waals surface area contributed by atoms with E-state index in [4.69, 9.17) is 21.1 Å². The van der Waals surface area contributed by atoms with Crippen molar-refractivity contribution in [2.24, 2.45) is 5.92 Å². The summed E-state index contributed by atoms with van der Waals surface area (Å²) in [6, 6.07) is 20.9. The Balaban J connectivity index is 1.38. The van der Waals surface area contributed by atoms with Gasteiger partial charge in [0.15, 0.2) is 0 Å². The van der Waals surface area contributed by atoms with Gasteiger partial charge in [-0.1, -0.05) is 35.9 Å². The molecule has 0 radical (unpaired) electrons. The Morgan fingerprint density at radius 2 is 1.88 bits per heavy atom. The highest BCUT2D eigenvalue weighted by atomic mass is 35.5. The van der Waals surface area contributed by atoms with Gasteiger partial charge >= 0.3 is 0 Å². The smallest absolute Gasteiger partial charge is 0.150 e. The molecule has 0 spiro atoms. The minimum Gasteiger partial charge on any atom is -0.508 e. The van der Waals surface area contributed by atoms with Crippen molar-refractivity contribution in [1.82, 2.24) is 4.90 Å². The van der Waals surface area contributed by atoms with E-state index in [9.17, 15) is 9.50 Å². The molecule has 4 nitrogen and oxygen atoms in total. The first kappa shape index (κ1) is 22.8. The first-order chi connectivity index (χ1) is 16.5. The SMILES string of the molecule is CC1=C(c2cccc(Cl)c2)C(c2ccc(OCCN3CC(CF)C3)cc2)Oc2cc(O)ccc21. The number of alkyl halides is 1. The number of allylic oxidation sites excluding steroid dienone is 1. The monoisotopic (exact) mass is 479 g/mol. The summed E-state index contributed by atoms with van der Waals surface area (Å²) in [5.74, 6) is 1.78. The number of phenolic OH excluding ortho intramolecular Hbond substituents is 1. The molecule has 176 valence electrons. The van der Waals surface area contributed by atoms with Gasteiger partial charge in [-0.3, -0.25) is 9.29 Å². The van der Waals surface area contributed by atoms with E-state index in [-0.39, 0.29) is 24.4 Å². The van der Waals surface area contributed by atoms with Crippen LogP contribution in [0, 0.1) is 5.92 Å². The summed E-state index contributed by atoms with van der Waals surface area (Å²) in [5, 5.41) is 10.7. The number of aromatic hydroxyl groups is 1. The first-order valence-electron chi connectivity index (χ1n) is 11.5. The molecule has 1 atom stereocenters. The minimum atomic E-state index is -0.361. The van der Waals surface area contributed by atoms with Crippen molar-refractivity contribution in [2.75, 3.05) is 32.9 Å². The van der Waals surface area contributed by atoms with Crippen LogP contribution >= 0.6 is 11.6 Å². The maximum atomic E-state index is 12.6. The van der Waals surface area contributed by atoms with Crippen molar-refractivity contribution >= 4 is 22.7 Å². The van der Waals surface area contributed by atoms with Gasteiger partial charge < -0.3 is 14.6 Å². The molecular weight excluding hydrogens is 453 g/mol. The van der Waals surface area contributed by atoms with E-state index in [1.807, 2.05) is 54.6 Å². The number of nitrogens with zero attached hydrogens (tertiary/aromatic N) is 1. The van der Waals surface area contributed by atoms with E-state index in [0.717, 1.165) is 53.2 Å². The second-order valence-corrected chi connectivity index (χ2v) is 9.36. The number of likely N-dealkylation sites (tertiary alicyclic amines) is 1. The normalized spacial score (nSPS) is 18.3. The molecule has 6 heteroatoms. The van der Waals surface area contributed by atoms with Gasteiger partial charge in [0.05, 0.1) is 6.67 Å². The van der Waals surface area contributed by atoms with Crippen LogP contribution in [0.15, 0.2) is 66.7 Å². The van der Waals surface area contributed by atoms with Crippen LogP contribution in [0.5, 0.6) is 17.2 Å². The largest absolute Gasteiger partial charge is 0.508 e. The van der Waals surface area contributed by atoms with Crippen molar-refractivity contribution in [3.63, 3.8) is 0 Å². The van der Waals surface area contributed by atoms with Gasteiger partial charge in [-0.05, 0) is 60.0 Å². The molecular formula is C28H27ClFNO3. The zero-order valence-electron chi connectivity index (χ0n) is 19.0. The van der Waals surface area contributed by atoms with E-state index in [1.54, 1.807) is 12.1 Å². The molecule has 0 bridgehead atoms. The van der Waals surface area contributed by atoms with Gasteiger partial charge in [0.2, 0.25) is 0 Å². The van der Waals surface area contributed by atoms with Crippen molar-refractivity contribution in [1.29, 1.82) is 0 Å². The molecule has 2 aliphatic heterocycles. The number of rotatable bonds is 7. The molecule has 3 aromatic rings. The van der Waals surface area contributed by atoms with Gasteiger partial charge in [-0.2, -0.15) is 0 Å². The van der Waals surface area contributed by atoms with E-state index in [1.165, 1.54) is 0 Å². The Morgan fingerprint density at radius 1 is 1.09 bits per heavy atom. The summed E-state index contributed by atoms with van der Waals surface area (Å²) >= 11 is 6.31. The molecule has 1 saturated heterocycles. The second kappa shape index (κ2) is 9.69. The average molecular weight is 480 g/mol. The molecule has 1 fully saturated rings.